The van der Waals surface area contributed by atoms with Crippen molar-refractivity contribution in [3.63, 3.8) is 0 Å². The second kappa shape index (κ2) is 10.2. The number of piperazine rings is 1. The molecule has 0 aliphatic carbocycles. The summed E-state index contributed by atoms with van der Waals surface area (Å²) in [7, 11) is 1.63. The molecule has 0 unspecified atom stereocenters. The summed E-state index contributed by atoms with van der Waals surface area (Å²) >= 11 is 0. The van der Waals surface area contributed by atoms with Gasteiger partial charge < -0.3 is 19.3 Å². The molecule has 2 aromatic carbocycles. The number of hydrogen-bond acceptors (Lipinski definition) is 4. The van der Waals surface area contributed by atoms with Crippen LogP contribution in [-0.4, -0.2) is 50.7 Å². The maximum Gasteiger partial charge on any atom is 0.246 e. The number of benzene rings is 2. The van der Waals surface area contributed by atoms with Crippen LogP contribution in [-0.2, 0) is 4.79 Å². The van der Waals surface area contributed by atoms with Crippen molar-refractivity contribution in [1.82, 2.24) is 4.90 Å². The van der Waals surface area contributed by atoms with E-state index in [4.69, 9.17) is 9.47 Å². The van der Waals surface area contributed by atoms with Crippen molar-refractivity contribution in [2.24, 2.45) is 0 Å². The molecule has 1 heterocycles. The number of carbonyl (C=O) groups excluding carboxylic acids is 1. The van der Waals surface area contributed by atoms with Crippen molar-refractivity contribution >= 4 is 17.7 Å². The van der Waals surface area contributed by atoms with Crippen molar-refractivity contribution in [3.05, 3.63) is 59.2 Å². The number of amides is 1. The Morgan fingerprint density at radius 2 is 1.83 bits per heavy atom. The number of rotatable bonds is 7. The lowest BCUT2D eigenvalue weighted by atomic mass is 10.1. The van der Waals surface area contributed by atoms with Crippen molar-refractivity contribution < 1.29 is 14.3 Å². The number of ether oxygens (including phenoxy) is 2. The number of aryl methyl sites for hydroxylation is 1. The average Bonchev–Trinajstić information content (AvgIpc) is 2.78. The summed E-state index contributed by atoms with van der Waals surface area (Å²) in [6.45, 7) is 10.2. The summed E-state index contributed by atoms with van der Waals surface area (Å²) in [5, 5.41) is 0. The fourth-order valence-electron chi connectivity index (χ4n) is 3.64. The molecule has 30 heavy (non-hydrogen) atoms. The SMILES string of the molecule is CCCOc1ccc(C=CC(=O)N2CCN(c3cccc(C)c3C)CC2)cc1OC. The van der Waals surface area contributed by atoms with Crippen LogP contribution in [0.4, 0.5) is 5.69 Å². The van der Waals surface area contributed by atoms with E-state index in [9.17, 15) is 4.79 Å². The van der Waals surface area contributed by atoms with Crippen molar-refractivity contribution in [1.29, 1.82) is 0 Å². The Kier molecular flexibility index (Phi) is 7.39. The van der Waals surface area contributed by atoms with Gasteiger partial charge in [-0.1, -0.05) is 25.1 Å². The van der Waals surface area contributed by atoms with Crippen LogP contribution in [0.15, 0.2) is 42.5 Å². The summed E-state index contributed by atoms with van der Waals surface area (Å²) < 4.78 is 11.1. The number of anilines is 1. The zero-order chi connectivity index (χ0) is 21.5. The average molecular weight is 409 g/mol. The third-order valence-electron chi connectivity index (χ3n) is 5.58. The molecule has 160 valence electrons. The van der Waals surface area contributed by atoms with Crippen LogP contribution in [0.1, 0.15) is 30.0 Å². The third kappa shape index (κ3) is 5.15. The Bertz CT molecular complexity index is 899. The zero-order valence-corrected chi connectivity index (χ0v) is 18.5. The largest absolute Gasteiger partial charge is 0.493 e. The number of carbonyl (C=O) groups is 1. The highest BCUT2D eigenvalue weighted by atomic mass is 16.5. The van der Waals surface area contributed by atoms with Gasteiger partial charge in [0.25, 0.3) is 0 Å². The highest BCUT2D eigenvalue weighted by Crippen LogP contribution is 2.29. The highest BCUT2D eigenvalue weighted by Gasteiger charge is 2.21. The Morgan fingerprint density at radius 3 is 2.53 bits per heavy atom. The molecular formula is C25H32N2O3. The molecule has 1 fully saturated rings. The van der Waals surface area contributed by atoms with Crippen LogP contribution >= 0.6 is 0 Å². The van der Waals surface area contributed by atoms with Crippen LogP contribution in [0.2, 0.25) is 0 Å². The first-order chi connectivity index (χ1) is 14.5. The molecule has 2 aromatic rings. The third-order valence-corrected chi connectivity index (χ3v) is 5.58. The normalized spacial score (nSPS) is 14.3. The molecule has 0 aromatic heterocycles. The van der Waals surface area contributed by atoms with Crippen LogP contribution in [0.25, 0.3) is 6.08 Å². The summed E-state index contributed by atoms with van der Waals surface area (Å²) in [5.41, 5.74) is 4.81. The quantitative estimate of drug-likeness (QED) is 0.634. The minimum atomic E-state index is 0.0425. The van der Waals surface area contributed by atoms with Gasteiger partial charge in [-0.2, -0.15) is 0 Å². The van der Waals surface area contributed by atoms with E-state index in [0.717, 1.165) is 43.9 Å². The first-order valence-electron chi connectivity index (χ1n) is 10.6. The van der Waals surface area contributed by atoms with Gasteiger partial charge in [0.15, 0.2) is 11.5 Å². The smallest absolute Gasteiger partial charge is 0.246 e. The van der Waals surface area contributed by atoms with Gasteiger partial charge in [0.1, 0.15) is 0 Å². The van der Waals surface area contributed by atoms with Crippen LogP contribution in [0.5, 0.6) is 11.5 Å². The fourth-order valence-corrected chi connectivity index (χ4v) is 3.64. The molecule has 0 N–H and O–H groups in total. The van der Waals surface area contributed by atoms with E-state index >= 15 is 0 Å². The molecule has 0 spiro atoms. The monoisotopic (exact) mass is 408 g/mol. The summed E-state index contributed by atoms with van der Waals surface area (Å²) in [6.07, 6.45) is 4.43. The second-order valence-corrected chi connectivity index (χ2v) is 7.62. The summed E-state index contributed by atoms with van der Waals surface area (Å²) in [6, 6.07) is 12.1. The molecule has 1 aliphatic heterocycles. The second-order valence-electron chi connectivity index (χ2n) is 7.62. The minimum Gasteiger partial charge on any atom is -0.493 e. The van der Waals surface area contributed by atoms with E-state index < -0.39 is 0 Å². The topological polar surface area (TPSA) is 42.0 Å². The maximum absolute atomic E-state index is 12.7. The van der Waals surface area contributed by atoms with Gasteiger partial charge in [0.2, 0.25) is 5.91 Å². The number of nitrogens with zero attached hydrogens (tertiary/aromatic N) is 2. The van der Waals surface area contributed by atoms with E-state index in [-0.39, 0.29) is 5.91 Å². The molecule has 1 saturated heterocycles. The molecular weight excluding hydrogens is 376 g/mol. The molecule has 0 radical (unpaired) electrons. The molecule has 0 bridgehead atoms. The Labute approximate surface area is 179 Å². The molecule has 1 aliphatic rings. The zero-order valence-electron chi connectivity index (χ0n) is 18.5. The van der Waals surface area contributed by atoms with Gasteiger partial charge in [0, 0.05) is 37.9 Å². The number of hydrogen-bond donors (Lipinski definition) is 0. The maximum atomic E-state index is 12.7. The van der Waals surface area contributed by atoms with E-state index in [1.54, 1.807) is 13.2 Å². The van der Waals surface area contributed by atoms with Crippen LogP contribution < -0.4 is 14.4 Å². The van der Waals surface area contributed by atoms with Gasteiger partial charge in [-0.25, -0.2) is 0 Å². The summed E-state index contributed by atoms with van der Waals surface area (Å²) in [4.78, 5) is 16.9. The molecule has 0 saturated carbocycles. The minimum absolute atomic E-state index is 0.0425. The predicted octanol–water partition coefficient (Wildman–Crippen LogP) is 4.46. The lowest BCUT2D eigenvalue weighted by molar-refractivity contribution is -0.126. The highest BCUT2D eigenvalue weighted by molar-refractivity contribution is 5.92. The first-order valence-corrected chi connectivity index (χ1v) is 10.6. The van der Waals surface area contributed by atoms with E-state index in [0.29, 0.717) is 12.4 Å². The lowest BCUT2D eigenvalue weighted by Gasteiger charge is -2.36. The van der Waals surface area contributed by atoms with Crippen molar-refractivity contribution in [2.75, 3.05) is 44.8 Å². The Balaban J connectivity index is 1.59. The summed E-state index contributed by atoms with van der Waals surface area (Å²) in [5.74, 6) is 1.45. The fraction of sp³-hybridized carbons (Fsp3) is 0.400. The van der Waals surface area contributed by atoms with Gasteiger partial charge in [0.05, 0.1) is 13.7 Å². The molecule has 0 atom stereocenters. The van der Waals surface area contributed by atoms with Gasteiger partial charge >= 0.3 is 0 Å². The molecule has 5 nitrogen and oxygen atoms in total. The van der Waals surface area contributed by atoms with Crippen LogP contribution in [0, 0.1) is 13.8 Å². The van der Waals surface area contributed by atoms with Gasteiger partial charge in [-0.05, 0) is 61.2 Å². The Hall–Kier alpha value is -2.95. The van der Waals surface area contributed by atoms with Gasteiger partial charge in [-0.15, -0.1) is 0 Å². The standard InChI is InChI=1S/C25H32N2O3/c1-5-17-30-23-11-9-21(18-24(23)29-4)10-12-25(28)27-15-13-26(14-16-27)22-8-6-7-19(2)20(22)3/h6-12,18H,5,13-17H2,1-4H3. The first kappa shape index (κ1) is 21.8. The van der Waals surface area contributed by atoms with E-state index in [1.165, 1.54) is 16.8 Å². The number of methoxy groups -OCH3 is 1. The Morgan fingerprint density at radius 1 is 1.07 bits per heavy atom. The van der Waals surface area contributed by atoms with E-state index in [2.05, 4.69) is 43.9 Å². The molecule has 3 rings (SSSR count). The molecule has 5 heteroatoms. The van der Waals surface area contributed by atoms with Crippen molar-refractivity contribution in [2.45, 2.75) is 27.2 Å². The van der Waals surface area contributed by atoms with Crippen LogP contribution in [0.3, 0.4) is 0 Å². The van der Waals surface area contributed by atoms with E-state index in [1.807, 2.05) is 29.2 Å². The molecule has 1 amide bonds. The predicted molar refractivity (Wildman–Crippen MR) is 123 cm³/mol. The van der Waals surface area contributed by atoms with Crippen molar-refractivity contribution in [3.8, 4) is 11.5 Å². The lowest BCUT2D eigenvalue weighted by Crippen LogP contribution is -2.48. The van der Waals surface area contributed by atoms with Gasteiger partial charge in [-0.3, -0.25) is 4.79 Å².